The Morgan fingerprint density at radius 1 is 0.821 bits per heavy atom. The fourth-order valence-corrected chi connectivity index (χ4v) is 3.45. The lowest BCUT2D eigenvalue weighted by atomic mass is 9.92. The average Bonchev–Trinajstić information content (AvgIpc) is 2.66. The predicted octanol–water partition coefficient (Wildman–Crippen LogP) is 5.31. The van der Waals surface area contributed by atoms with Gasteiger partial charge in [0.25, 0.3) is 0 Å². The molecule has 3 aromatic carbocycles. The zero-order valence-electron chi connectivity index (χ0n) is 14.7. The molecule has 0 saturated carbocycles. The van der Waals surface area contributed by atoms with Gasteiger partial charge in [-0.15, -0.1) is 0 Å². The minimum absolute atomic E-state index is 0.128. The van der Waals surface area contributed by atoms with Crippen molar-refractivity contribution in [2.24, 2.45) is 0 Å². The summed E-state index contributed by atoms with van der Waals surface area (Å²) < 4.78 is 62.9. The van der Waals surface area contributed by atoms with Crippen molar-refractivity contribution in [2.75, 3.05) is 6.26 Å². The van der Waals surface area contributed by atoms with E-state index in [1.807, 2.05) is 6.07 Å². The summed E-state index contributed by atoms with van der Waals surface area (Å²) in [5, 5.41) is 8.93. The molecule has 3 nitrogen and oxygen atoms in total. The molecule has 0 fully saturated rings. The van der Waals surface area contributed by atoms with Crippen molar-refractivity contribution in [2.45, 2.75) is 11.1 Å². The highest BCUT2D eigenvalue weighted by Gasteiger charge is 2.31. The second kappa shape index (κ2) is 7.13. The molecular formula is C21H14F3NO2S. The number of hydrogen-bond acceptors (Lipinski definition) is 3. The highest BCUT2D eigenvalue weighted by Crippen LogP contribution is 2.38. The molecule has 0 aliphatic carbocycles. The van der Waals surface area contributed by atoms with Gasteiger partial charge in [-0.25, -0.2) is 8.42 Å². The van der Waals surface area contributed by atoms with Crippen molar-refractivity contribution in [3.05, 3.63) is 77.9 Å². The van der Waals surface area contributed by atoms with Crippen LogP contribution in [0.1, 0.15) is 11.1 Å². The Morgan fingerprint density at radius 3 is 1.86 bits per heavy atom. The first-order valence-corrected chi connectivity index (χ1v) is 10.0. The molecule has 7 heteroatoms. The number of sulfone groups is 1. The molecule has 0 saturated heterocycles. The van der Waals surface area contributed by atoms with E-state index in [1.54, 1.807) is 24.3 Å². The third-order valence-corrected chi connectivity index (χ3v) is 5.39. The first kappa shape index (κ1) is 19.6. The number of nitrogens with zero attached hydrogens (tertiary/aromatic N) is 1. The Labute approximate surface area is 160 Å². The summed E-state index contributed by atoms with van der Waals surface area (Å²) in [5.74, 6) is 0. The molecule has 0 heterocycles. The topological polar surface area (TPSA) is 57.9 Å². The highest BCUT2D eigenvalue weighted by molar-refractivity contribution is 7.90. The number of halogens is 3. The Bertz CT molecular complexity index is 1160. The summed E-state index contributed by atoms with van der Waals surface area (Å²) in [6.45, 7) is 0. The molecule has 3 rings (SSSR count). The van der Waals surface area contributed by atoms with Crippen molar-refractivity contribution in [3.63, 3.8) is 0 Å². The predicted molar refractivity (Wildman–Crippen MR) is 100 cm³/mol. The average molecular weight is 401 g/mol. The van der Waals surface area contributed by atoms with Gasteiger partial charge in [0.15, 0.2) is 9.84 Å². The number of benzene rings is 3. The van der Waals surface area contributed by atoms with Crippen LogP contribution in [0.3, 0.4) is 0 Å². The summed E-state index contributed by atoms with van der Waals surface area (Å²) in [6, 6.07) is 17.6. The summed E-state index contributed by atoms with van der Waals surface area (Å²) >= 11 is 0. The first-order chi connectivity index (χ1) is 13.1. The number of alkyl halides is 3. The van der Waals surface area contributed by atoms with Crippen molar-refractivity contribution < 1.29 is 21.6 Å². The smallest absolute Gasteiger partial charge is 0.224 e. The number of rotatable bonds is 3. The maximum absolute atomic E-state index is 13.2. The Balaban J connectivity index is 2.18. The van der Waals surface area contributed by atoms with Gasteiger partial charge in [-0.2, -0.15) is 18.4 Å². The van der Waals surface area contributed by atoms with Gasteiger partial charge in [0.1, 0.15) is 0 Å². The van der Waals surface area contributed by atoms with E-state index >= 15 is 0 Å². The third kappa shape index (κ3) is 4.07. The Morgan fingerprint density at radius 2 is 1.36 bits per heavy atom. The van der Waals surface area contributed by atoms with Crippen molar-refractivity contribution >= 4 is 9.84 Å². The van der Waals surface area contributed by atoms with E-state index < -0.39 is 21.6 Å². The van der Waals surface area contributed by atoms with Crippen molar-refractivity contribution in [3.8, 4) is 28.3 Å². The van der Waals surface area contributed by atoms with E-state index in [-0.39, 0.29) is 4.90 Å². The Kier molecular flexibility index (Phi) is 5.01. The standard InChI is InChI=1S/C21H14F3NO2S/c1-28(26,27)18-9-6-15(7-10-18)19-11-8-17(21(22,23)24)12-20(19)16-4-2-14(13-25)3-5-16/h2-12H,1H3. The number of nitriles is 1. The summed E-state index contributed by atoms with van der Waals surface area (Å²) in [7, 11) is -3.38. The quantitative estimate of drug-likeness (QED) is 0.597. The maximum Gasteiger partial charge on any atom is 0.416 e. The van der Waals surface area contributed by atoms with Gasteiger partial charge in [-0.1, -0.05) is 30.3 Å². The van der Waals surface area contributed by atoms with Gasteiger partial charge < -0.3 is 0 Å². The number of hydrogen-bond donors (Lipinski definition) is 0. The Hall–Kier alpha value is -3.11. The molecule has 0 aliphatic heterocycles. The SMILES string of the molecule is CS(=O)(=O)c1ccc(-c2ccc(C(F)(F)F)cc2-c2ccc(C#N)cc2)cc1. The van der Waals surface area contributed by atoms with Crippen LogP contribution in [0.5, 0.6) is 0 Å². The van der Waals surface area contributed by atoms with Gasteiger partial charge >= 0.3 is 6.18 Å². The van der Waals surface area contributed by atoms with Crippen LogP contribution in [0, 0.1) is 11.3 Å². The lowest BCUT2D eigenvalue weighted by Crippen LogP contribution is -2.05. The molecule has 0 bridgehead atoms. The van der Waals surface area contributed by atoms with Gasteiger partial charge in [-0.3, -0.25) is 0 Å². The van der Waals surface area contributed by atoms with Crippen LogP contribution in [0.2, 0.25) is 0 Å². The molecule has 0 amide bonds. The second-order valence-electron chi connectivity index (χ2n) is 6.24. The fourth-order valence-electron chi connectivity index (χ4n) is 2.82. The van der Waals surface area contributed by atoms with Crippen LogP contribution < -0.4 is 0 Å². The molecule has 28 heavy (non-hydrogen) atoms. The van der Waals surface area contributed by atoms with Crippen LogP contribution in [-0.2, 0) is 16.0 Å². The molecule has 3 aromatic rings. The van der Waals surface area contributed by atoms with Gasteiger partial charge in [0.05, 0.1) is 22.1 Å². The van der Waals surface area contributed by atoms with Gasteiger partial charge in [0.2, 0.25) is 0 Å². The zero-order chi connectivity index (χ0) is 20.5. The van der Waals surface area contributed by atoms with Gasteiger partial charge in [-0.05, 0) is 58.7 Å². The monoisotopic (exact) mass is 401 g/mol. The van der Waals surface area contributed by atoms with E-state index in [4.69, 9.17) is 5.26 Å². The largest absolute Gasteiger partial charge is 0.416 e. The van der Waals surface area contributed by atoms with Crippen LogP contribution in [0.15, 0.2) is 71.6 Å². The van der Waals surface area contributed by atoms with Crippen LogP contribution in [0.4, 0.5) is 13.2 Å². The fraction of sp³-hybridized carbons (Fsp3) is 0.0952. The summed E-state index contributed by atoms with van der Waals surface area (Å²) in [4.78, 5) is 0.128. The van der Waals surface area contributed by atoms with Crippen molar-refractivity contribution in [1.82, 2.24) is 0 Å². The van der Waals surface area contributed by atoms with E-state index in [1.165, 1.54) is 30.3 Å². The van der Waals surface area contributed by atoms with E-state index in [0.29, 0.717) is 27.8 Å². The minimum Gasteiger partial charge on any atom is -0.224 e. The third-order valence-electron chi connectivity index (χ3n) is 4.27. The lowest BCUT2D eigenvalue weighted by molar-refractivity contribution is -0.137. The lowest BCUT2D eigenvalue weighted by Gasteiger charge is -2.15. The molecule has 0 radical (unpaired) electrons. The van der Waals surface area contributed by atoms with Crippen LogP contribution in [-0.4, -0.2) is 14.7 Å². The molecule has 0 atom stereocenters. The maximum atomic E-state index is 13.2. The molecule has 142 valence electrons. The molecule has 0 N–H and O–H groups in total. The summed E-state index contributed by atoms with van der Waals surface area (Å²) in [6.07, 6.45) is -3.41. The van der Waals surface area contributed by atoms with Crippen molar-refractivity contribution in [1.29, 1.82) is 5.26 Å². The molecule has 0 aliphatic rings. The first-order valence-electron chi connectivity index (χ1n) is 8.12. The zero-order valence-corrected chi connectivity index (χ0v) is 15.5. The highest BCUT2D eigenvalue weighted by atomic mass is 32.2. The molecular weight excluding hydrogens is 387 g/mol. The van der Waals surface area contributed by atoms with Crippen LogP contribution in [0.25, 0.3) is 22.3 Å². The van der Waals surface area contributed by atoms with E-state index in [2.05, 4.69) is 0 Å². The summed E-state index contributed by atoms with van der Waals surface area (Å²) in [5.41, 5.74) is 1.58. The minimum atomic E-state index is -4.50. The molecule has 0 unspecified atom stereocenters. The van der Waals surface area contributed by atoms with E-state index in [9.17, 15) is 21.6 Å². The normalized spacial score (nSPS) is 11.8. The van der Waals surface area contributed by atoms with Crippen LogP contribution >= 0.6 is 0 Å². The van der Waals surface area contributed by atoms with E-state index in [0.717, 1.165) is 18.4 Å². The second-order valence-corrected chi connectivity index (χ2v) is 8.26. The van der Waals surface area contributed by atoms with Gasteiger partial charge in [0, 0.05) is 6.26 Å². The molecule has 0 spiro atoms. The molecule has 0 aromatic heterocycles.